The Morgan fingerprint density at radius 1 is 1.67 bits per heavy atom. The van der Waals surface area contributed by atoms with Crippen molar-refractivity contribution >= 4 is 33.5 Å². The number of hydrogen-bond acceptors (Lipinski definition) is 3. The van der Waals surface area contributed by atoms with Gasteiger partial charge in [0.05, 0.1) is 12.1 Å². The highest BCUT2D eigenvalue weighted by molar-refractivity contribution is 9.10. The van der Waals surface area contributed by atoms with Gasteiger partial charge in [-0.2, -0.15) is 0 Å². The minimum absolute atomic E-state index is 0.0498. The molecule has 1 heterocycles. The van der Waals surface area contributed by atoms with E-state index in [1.165, 1.54) is 0 Å². The van der Waals surface area contributed by atoms with Crippen molar-refractivity contribution in [3.8, 4) is 0 Å². The molecule has 0 aliphatic rings. The molecule has 82 valence electrons. The van der Waals surface area contributed by atoms with Crippen molar-refractivity contribution in [2.24, 2.45) is 0 Å². The van der Waals surface area contributed by atoms with Crippen LogP contribution in [0.1, 0.15) is 22.6 Å². The van der Waals surface area contributed by atoms with Gasteiger partial charge in [-0.25, -0.2) is 18.6 Å². The number of rotatable bonds is 2. The average Bonchev–Trinajstić information content (AvgIpc) is 2.20. The van der Waals surface area contributed by atoms with Crippen LogP contribution in [0.3, 0.4) is 0 Å². The van der Waals surface area contributed by atoms with Crippen LogP contribution in [0, 0.1) is 0 Å². The van der Waals surface area contributed by atoms with E-state index < -0.39 is 18.1 Å². The third-order valence-corrected chi connectivity index (χ3v) is 2.77. The van der Waals surface area contributed by atoms with Gasteiger partial charge in [-0.15, -0.1) is 0 Å². The van der Waals surface area contributed by atoms with Crippen LogP contribution in [-0.4, -0.2) is 18.1 Å². The second-order valence-corrected chi connectivity index (χ2v) is 3.72. The summed E-state index contributed by atoms with van der Waals surface area (Å²) in [7, 11) is 1.11. The highest BCUT2D eigenvalue weighted by Crippen LogP contribution is 2.29. The minimum atomic E-state index is -2.78. The number of halogens is 4. The van der Waals surface area contributed by atoms with Crippen molar-refractivity contribution in [1.29, 1.82) is 0 Å². The van der Waals surface area contributed by atoms with E-state index in [1.54, 1.807) is 0 Å². The largest absolute Gasteiger partial charge is 0.464 e. The number of methoxy groups -OCH3 is 1. The summed E-state index contributed by atoms with van der Waals surface area (Å²) in [6, 6.07) is 1.05. The van der Waals surface area contributed by atoms with E-state index >= 15 is 0 Å². The van der Waals surface area contributed by atoms with E-state index in [0.717, 1.165) is 13.2 Å². The second-order valence-electron chi connectivity index (χ2n) is 2.48. The maximum absolute atomic E-state index is 12.3. The third kappa shape index (κ3) is 2.63. The molecular formula is C8H5BrClF2NO2. The van der Waals surface area contributed by atoms with Gasteiger partial charge in [0.25, 0.3) is 6.43 Å². The van der Waals surface area contributed by atoms with Gasteiger partial charge < -0.3 is 4.74 Å². The Balaban J connectivity index is 3.31. The predicted octanol–water partition coefficient (Wildman–Crippen LogP) is 3.22. The third-order valence-electron chi connectivity index (χ3n) is 1.54. The normalized spacial score (nSPS) is 10.5. The number of aromatic nitrogens is 1. The first-order valence-electron chi connectivity index (χ1n) is 3.69. The van der Waals surface area contributed by atoms with Gasteiger partial charge in [0.1, 0.15) is 5.69 Å². The van der Waals surface area contributed by atoms with Crippen LogP contribution >= 0.6 is 27.5 Å². The number of carbonyl (C=O) groups is 1. The lowest BCUT2D eigenvalue weighted by molar-refractivity contribution is 0.0592. The molecule has 0 aliphatic heterocycles. The molecule has 0 aromatic carbocycles. The fraction of sp³-hybridized carbons (Fsp3) is 0.250. The van der Waals surface area contributed by atoms with Crippen molar-refractivity contribution < 1.29 is 18.3 Å². The maximum atomic E-state index is 12.3. The Bertz CT molecular complexity index is 400. The number of nitrogens with zero attached hydrogens (tertiary/aromatic N) is 1. The molecule has 1 aromatic rings. The topological polar surface area (TPSA) is 39.2 Å². The Morgan fingerprint density at radius 3 is 2.73 bits per heavy atom. The Kier molecular flexibility index (Phi) is 3.98. The highest BCUT2D eigenvalue weighted by Gasteiger charge is 2.20. The fourth-order valence-corrected chi connectivity index (χ4v) is 1.46. The quantitative estimate of drug-likeness (QED) is 0.787. The van der Waals surface area contributed by atoms with E-state index in [2.05, 4.69) is 25.7 Å². The Morgan fingerprint density at radius 2 is 2.27 bits per heavy atom. The van der Waals surface area contributed by atoms with Crippen LogP contribution in [0.5, 0.6) is 0 Å². The number of alkyl halides is 2. The Hall–Kier alpha value is -0.750. The van der Waals surface area contributed by atoms with Crippen LogP contribution in [0.2, 0.25) is 5.02 Å². The van der Waals surface area contributed by atoms with Gasteiger partial charge in [0.15, 0.2) is 5.69 Å². The van der Waals surface area contributed by atoms with E-state index in [1.807, 2.05) is 0 Å². The molecule has 1 rings (SSSR count). The maximum Gasteiger partial charge on any atom is 0.358 e. The Labute approximate surface area is 97.5 Å². The molecule has 3 nitrogen and oxygen atoms in total. The molecule has 0 fully saturated rings. The predicted molar refractivity (Wildman–Crippen MR) is 53.2 cm³/mol. The summed E-state index contributed by atoms with van der Waals surface area (Å²) in [6.07, 6.45) is -2.78. The molecule has 0 unspecified atom stereocenters. The summed E-state index contributed by atoms with van der Waals surface area (Å²) in [5.41, 5.74) is -0.865. The molecule has 15 heavy (non-hydrogen) atoms. The molecule has 0 spiro atoms. The van der Waals surface area contributed by atoms with Crippen LogP contribution in [-0.2, 0) is 4.74 Å². The summed E-state index contributed by atoms with van der Waals surface area (Å²) in [6.45, 7) is 0. The second kappa shape index (κ2) is 4.85. The number of carbonyl (C=O) groups excluding carboxylic acids is 1. The zero-order valence-electron chi connectivity index (χ0n) is 7.43. The zero-order chi connectivity index (χ0) is 11.6. The SMILES string of the molecule is COC(=O)c1nc(C(F)F)cc(Br)c1Cl. The van der Waals surface area contributed by atoms with Gasteiger partial charge in [-0.3, -0.25) is 0 Å². The van der Waals surface area contributed by atoms with Gasteiger partial charge in [-0.1, -0.05) is 11.6 Å². The molecule has 0 amide bonds. The van der Waals surface area contributed by atoms with E-state index in [0.29, 0.717) is 0 Å². The average molecular weight is 300 g/mol. The molecule has 0 atom stereocenters. The number of ether oxygens (including phenoxy) is 1. The minimum Gasteiger partial charge on any atom is -0.464 e. The number of hydrogen-bond donors (Lipinski definition) is 0. The van der Waals surface area contributed by atoms with E-state index in [-0.39, 0.29) is 15.2 Å². The van der Waals surface area contributed by atoms with Crippen molar-refractivity contribution in [3.63, 3.8) is 0 Å². The monoisotopic (exact) mass is 299 g/mol. The molecule has 7 heteroatoms. The molecule has 1 aromatic heterocycles. The van der Waals surface area contributed by atoms with Gasteiger partial charge in [0.2, 0.25) is 0 Å². The van der Waals surface area contributed by atoms with E-state index in [4.69, 9.17) is 11.6 Å². The molecule has 0 bridgehead atoms. The van der Waals surface area contributed by atoms with Crippen LogP contribution in [0.4, 0.5) is 8.78 Å². The zero-order valence-corrected chi connectivity index (χ0v) is 9.77. The lowest BCUT2D eigenvalue weighted by Crippen LogP contribution is -2.08. The number of esters is 1. The van der Waals surface area contributed by atoms with E-state index in [9.17, 15) is 13.6 Å². The summed E-state index contributed by atoms with van der Waals surface area (Å²) in [5.74, 6) is -0.858. The molecular weight excluding hydrogens is 295 g/mol. The first-order valence-corrected chi connectivity index (χ1v) is 4.87. The standard InChI is InChI=1S/C8H5BrClF2NO2/c1-15-8(14)6-5(10)3(9)2-4(13-6)7(11)12/h2,7H,1H3. The van der Waals surface area contributed by atoms with Crippen LogP contribution < -0.4 is 0 Å². The fourth-order valence-electron chi connectivity index (χ4n) is 0.860. The van der Waals surface area contributed by atoms with Crippen LogP contribution in [0.25, 0.3) is 0 Å². The van der Waals surface area contributed by atoms with Gasteiger partial charge in [0, 0.05) is 4.47 Å². The lowest BCUT2D eigenvalue weighted by atomic mass is 10.3. The van der Waals surface area contributed by atoms with Crippen LogP contribution in [0.15, 0.2) is 10.5 Å². The molecule has 0 saturated heterocycles. The van der Waals surface area contributed by atoms with Gasteiger partial charge in [-0.05, 0) is 22.0 Å². The molecule has 0 radical (unpaired) electrons. The summed E-state index contributed by atoms with van der Waals surface area (Å²) < 4.78 is 29.2. The van der Waals surface area contributed by atoms with Gasteiger partial charge >= 0.3 is 5.97 Å². The van der Waals surface area contributed by atoms with Crippen molar-refractivity contribution in [1.82, 2.24) is 4.98 Å². The summed E-state index contributed by atoms with van der Waals surface area (Å²) in [4.78, 5) is 14.5. The molecule has 0 N–H and O–H groups in total. The first kappa shape index (κ1) is 12.3. The highest BCUT2D eigenvalue weighted by atomic mass is 79.9. The van der Waals surface area contributed by atoms with Crippen molar-refractivity contribution in [2.75, 3.05) is 7.11 Å². The molecule has 0 aliphatic carbocycles. The molecule has 0 saturated carbocycles. The first-order chi connectivity index (χ1) is 6.97. The smallest absolute Gasteiger partial charge is 0.358 e. The van der Waals surface area contributed by atoms with Crippen molar-refractivity contribution in [3.05, 3.63) is 26.9 Å². The summed E-state index contributed by atoms with van der Waals surface area (Å²) in [5, 5.41) is -0.0498. The summed E-state index contributed by atoms with van der Waals surface area (Å²) >= 11 is 8.64. The van der Waals surface area contributed by atoms with Crippen molar-refractivity contribution in [2.45, 2.75) is 6.43 Å². The number of pyridine rings is 1. The lowest BCUT2D eigenvalue weighted by Gasteiger charge is -2.06.